The van der Waals surface area contributed by atoms with Crippen molar-refractivity contribution in [3.05, 3.63) is 106 Å². The summed E-state index contributed by atoms with van der Waals surface area (Å²) in [6.07, 6.45) is 6.99. The summed E-state index contributed by atoms with van der Waals surface area (Å²) in [4.78, 5) is 7.01. The van der Waals surface area contributed by atoms with Crippen LogP contribution in [0, 0.1) is 34.6 Å². The van der Waals surface area contributed by atoms with E-state index in [9.17, 15) is 0 Å². The van der Waals surface area contributed by atoms with Crippen LogP contribution in [0.4, 0.5) is 5.69 Å². The molecule has 2 aliphatic rings. The van der Waals surface area contributed by atoms with Crippen molar-refractivity contribution in [3.63, 3.8) is 0 Å². The molecule has 2 fully saturated rings. The third-order valence-electron chi connectivity index (χ3n) is 8.47. The molecule has 0 radical (unpaired) electrons. The highest BCUT2D eigenvalue weighted by Gasteiger charge is 2.42. The lowest BCUT2D eigenvalue weighted by Gasteiger charge is -2.28. The van der Waals surface area contributed by atoms with Gasteiger partial charge in [-0.15, -0.1) is 0 Å². The highest BCUT2D eigenvalue weighted by molar-refractivity contribution is 7.80. The van der Waals surface area contributed by atoms with Crippen LogP contribution in [0.25, 0.3) is 5.69 Å². The Balaban J connectivity index is 1.44. The molecule has 1 saturated heterocycles. The number of anilines is 1. The molecule has 2 unspecified atom stereocenters. The van der Waals surface area contributed by atoms with Crippen LogP contribution in [0.2, 0.25) is 0 Å². The summed E-state index contributed by atoms with van der Waals surface area (Å²) >= 11 is 6.01. The van der Waals surface area contributed by atoms with Gasteiger partial charge in [0.1, 0.15) is 5.75 Å². The van der Waals surface area contributed by atoms with Gasteiger partial charge in [0, 0.05) is 23.3 Å². The van der Waals surface area contributed by atoms with Crippen LogP contribution in [0.3, 0.4) is 0 Å². The lowest BCUT2D eigenvalue weighted by molar-refractivity contribution is 0.210. The fourth-order valence-corrected chi connectivity index (χ4v) is 7.14. The SMILES string of the molecule is Cc1cc(C)c(-n2c(C)cc(C3C(c4ccccn4)NC(=S)N3c3ccc(OC4CCCC4)cc3)c2C)c(C)c1. The number of aryl methyl sites for hydroxylation is 4. The third-order valence-corrected chi connectivity index (χ3v) is 8.78. The third kappa shape index (κ3) is 4.79. The van der Waals surface area contributed by atoms with Crippen LogP contribution in [0.15, 0.2) is 66.9 Å². The first-order valence-corrected chi connectivity index (χ1v) is 14.8. The van der Waals surface area contributed by atoms with Gasteiger partial charge in [-0.25, -0.2) is 0 Å². The summed E-state index contributed by atoms with van der Waals surface area (Å²) in [5.74, 6) is 0.926. The molecule has 3 heterocycles. The van der Waals surface area contributed by atoms with Gasteiger partial charge < -0.3 is 19.5 Å². The van der Waals surface area contributed by atoms with Gasteiger partial charge in [0.15, 0.2) is 5.11 Å². The minimum atomic E-state index is -0.0859. The van der Waals surface area contributed by atoms with E-state index in [1.807, 2.05) is 18.3 Å². The van der Waals surface area contributed by atoms with Crippen LogP contribution in [0.5, 0.6) is 5.75 Å². The number of pyridine rings is 1. The molecule has 1 aliphatic heterocycles. The molecule has 2 atom stereocenters. The minimum Gasteiger partial charge on any atom is -0.490 e. The van der Waals surface area contributed by atoms with Gasteiger partial charge in [-0.2, -0.15) is 0 Å². The van der Waals surface area contributed by atoms with Crippen molar-refractivity contribution in [2.24, 2.45) is 0 Å². The Morgan fingerprint density at radius 3 is 2.25 bits per heavy atom. The largest absolute Gasteiger partial charge is 0.490 e. The van der Waals surface area contributed by atoms with Crippen LogP contribution in [-0.4, -0.2) is 20.8 Å². The topological polar surface area (TPSA) is 42.3 Å². The fraction of sp³-hybridized carbons (Fsp3) is 0.353. The molecular formula is C34H38N4OS. The van der Waals surface area contributed by atoms with Crippen LogP contribution < -0.4 is 15.0 Å². The monoisotopic (exact) mass is 550 g/mol. The van der Waals surface area contributed by atoms with E-state index in [4.69, 9.17) is 21.9 Å². The lowest BCUT2D eigenvalue weighted by Crippen LogP contribution is -2.29. The molecular weight excluding hydrogens is 512 g/mol. The number of nitrogens with one attached hydrogen (secondary N) is 1. The quantitative estimate of drug-likeness (QED) is 0.247. The molecule has 206 valence electrons. The standard InChI is InChI=1S/C34H38N4OS/c1-21-18-22(2)32(23(3)19-21)37-24(4)20-29(25(37)5)33-31(30-12-8-9-17-35-30)36-34(40)38(33)26-13-15-28(16-14-26)39-27-10-6-7-11-27/h8-9,12-20,27,31,33H,6-7,10-11H2,1-5H3,(H,36,40). The second kappa shape index (κ2) is 10.7. The summed E-state index contributed by atoms with van der Waals surface area (Å²) in [5, 5.41) is 4.33. The van der Waals surface area contributed by atoms with Crippen LogP contribution >= 0.6 is 12.2 Å². The zero-order valence-corrected chi connectivity index (χ0v) is 24.9. The Labute approximate surface area is 243 Å². The Bertz CT molecular complexity index is 1510. The molecule has 0 spiro atoms. The van der Waals surface area contributed by atoms with E-state index in [1.54, 1.807) is 0 Å². The first kappa shape index (κ1) is 26.6. The lowest BCUT2D eigenvalue weighted by atomic mass is 9.96. The zero-order valence-electron chi connectivity index (χ0n) is 24.1. The molecule has 6 heteroatoms. The van der Waals surface area contributed by atoms with Crippen LogP contribution in [-0.2, 0) is 0 Å². The summed E-state index contributed by atoms with van der Waals surface area (Å²) in [6, 6.07) is 21.3. The molecule has 2 aromatic carbocycles. The molecule has 1 aliphatic carbocycles. The second-order valence-electron chi connectivity index (χ2n) is 11.4. The van der Waals surface area contributed by atoms with Gasteiger partial charge in [0.05, 0.1) is 29.6 Å². The maximum atomic E-state index is 6.26. The number of hydrogen-bond donors (Lipinski definition) is 1. The summed E-state index contributed by atoms with van der Waals surface area (Å²) in [6.45, 7) is 11.0. The van der Waals surface area contributed by atoms with Gasteiger partial charge in [0.25, 0.3) is 0 Å². The molecule has 1 saturated carbocycles. The smallest absolute Gasteiger partial charge is 0.174 e. The van der Waals surface area contributed by atoms with Gasteiger partial charge in [-0.1, -0.05) is 23.8 Å². The van der Waals surface area contributed by atoms with E-state index in [0.29, 0.717) is 11.2 Å². The van der Waals surface area contributed by atoms with E-state index < -0.39 is 0 Å². The maximum absolute atomic E-state index is 6.26. The first-order chi connectivity index (χ1) is 19.3. The van der Waals surface area contributed by atoms with Crippen molar-refractivity contribution in [2.75, 3.05) is 4.90 Å². The van der Waals surface area contributed by atoms with Crippen molar-refractivity contribution in [2.45, 2.75) is 78.5 Å². The highest BCUT2D eigenvalue weighted by Crippen LogP contribution is 2.44. The van der Waals surface area contributed by atoms with Gasteiger partial charge in [-0.3, -0.25) is 4.98 Å². The molecule has 40 heavy (non-hydrogen) atoms. The van der Waals surface area contributed by atoms with Gasteiger partial charge >= 0.3 is 0 Å². The molecule has 0 amide bonds. The number of benzene rings is 2. The van der Waals surface area contributed by atoms with Gasteiger partial charge in [-0.05, 0) is 132 Å². The van der Waals surface area contributed by atoms with Crippen molar-refractivity contribution < 1.29 is 4.74 Å². The van der Waals surface area contributed by atoms with E-state index >= 15 is 0 Å². The number of rotatable bonds is 6. The fourth-order valence-electron chi connectivity index (χ4n) is 6.79. The van der Waals surface area contributed by atoms with Crippen LogP contribution in [0.1, 0.15) is 77.1 Å². The van der Waals surface area contributed by atoms with E-state index in [2.05, 4.69) is 97.9 Å². The van der Waals surface area contributed by atoms with E-state index in [0.717, 1.165) is 30.0 Å². The minimum absolute atomic E-state index is 0.0602. The van der Waals surface area contributed by atoms with Crippen molar-refractivity contribution in [1.29, 1.82) is 0 Å². The number of ether oxygens (including phenoxy) is 1. The molecule has 2 aromatic heterocycles. The number of nitrogens with zero attached hydrogens (tertiary/aromatic N) is 3. The van der Waals surface area contributed by atoms with Crippen molar-refractivity contribution >= 4 is 23.0 Å². The molecule has 5 nitrogen and oxygen atoms in total. The average molecular weight is 551 g/mol. The molecule has 0 bridgehead atoms. The molecule has 1 N–H and O–H groups in total. The Kier molecular flexibility index (Phi) is 7.13. The average Bonchev–Trinajstić information content (AvgIpc) is 3.63. The Hall–Kier alpha value is -3.64. The normalized spacial score (nSPS) is 19.3. The molecule has 4 aromatic rings. The number of aromatic nitrogens is 2. The Morgan fingerprint density at radius 1 is 0.900 bits per heavy atom. The van der Waals surface area contributed by atoms with Crippen molar-refractivity contribution in [1.82, 2.24) is 14.9 Å². The number of thiocarbonyl (C=S) groups is 1. The predicted octanol–water partition coefficient (Wildman–Crippen LogP) is 7.91. The molecule has 6 rings (SSSR count). The van der Waals surface area contributed by atoms with Gasteiger partial charge in [0.2, 0.25) is 0 Å². The summed E-state index contributed by atoms with van der Waals surface area (Å²) in [7, 11) is 0. The maximum Gasteiger partial charge on any atom is 0.174 e. The Morgan fingerprint density at radius 2 is 1.60 bits per heavy atom. The summed E-state index contributed by atoms with van der Waals surface area (Å²) in [5.41, 5.74) is 10.8. The van der Waals surface area contributed by atoms with Crippen molar-refractivity contribution in [3.8, 4) is 11.4 Å². The summed E-state index contributed by atoms with van der Waals surface area (Å²) < 4.78 is 8.67. The number of hydrogen-bond acceptors (Lipinski definition) is 3. The zero-order chi connectivity index (χ0) is 28.0. The second-order valence-corrected chi connectivity index (χ2v) is 11.8. The highest BCUT2D eigenvalue weighted by atomic mass is 32.1. The van der Waals surface area contributed by atoms with E-state index in [1.165, 1.54) is 52.2 Å². The van der Waals surface area contributed by atoms with E-state index in [-0.39, 0.29) is 12.1 Å². The predicted molar refractivity (Wildman–Crippen MR) is 167 cm³/mol. The first-order valence-electron chi connectivity index (χ1n) is 14.4.